The predicted octanol–water partition coefficient (Wildman–Crippen LogP) is -6.47. The minimum Gasteiger partial charge on any atom is -0.394 e. The van der Waals surface area contributed by atoms with E-state index in [2.05, 4.69) is 0 Å². The van der Waals surface area contributed by atoms with Gasteiger partial charge in [0.25, 0.3) is 0 Å². The highest BCUT2D eigenvalue weighted by molar-refractivity contribution is 7.99. The van der Waals surface area contributed by atoms with Crippen LogP contribution in [0.4, 0.5) is 0 Å². The number of ether oxygens (including phenoxy) is 6. The Labute approximate surface area is 240 Å². The van der Waals surface area contributed by atoms with E-state index in [1.54, 1.807) is 11.8 Å². The van der Waals surface area contributed by atoms with Crippen molar-refractivity contribution in [2.75, 3.05) is 44.5 Å². The molecule has 6 unspecified atom stereocenters. The van der Waals surface area contributed by atoms with Crippen molar-refractivity contribution in [3.8, 4) is 0 Å². The van der Waals surface area contributed by atoms with Gasteiger partial charge in [0.05, 0.1) is 26.4 Å². The minimum atomic E-state index is -1.89. The highest BCUT2D eigenvalue weighted by Gasteiger charge is 2.53. The molecular formula is C23H43NO16S. The summed E-state index contributed by atoms with van der Waals surface area (Å²) in [6, 6.07) is 0. The van der Waals surface area contributed by atoms with Crippen LogP contribution in [0.3, 0.4) is 0 Å². The average molecular weight is 622 g/mol. The quantitative estimate of drug-likeness (QED) is 0.0804. The topological polar surface area (TPSA) is 284 Å². The summed E-state index contributed by atoms with van der Waals surface area (Å²) >= 11 is 1.61. The van der Waals surface area contributed by atoms with Gasteiger partial charge in [0.2, 0.25) is 0 Å². The number of aliphatic hydroxyl groups is 10. The lowest BCUT2D eigenvalue weighted by molar-refractivity contribution is -0.381. The molecule has 242 valence electrons. The van der Waals surface area contributed by atoms with E-state index in [4.69, 9.17) is 34.2 Å². The van der Waals surface area contributed by atoms with E-state index >= 15 is 0 Å². The fourth-order valence-corrected chi connectivity index (χ4v) is 5.41. The molecule has 0 aliphatic carbocycles. The number of thioether (sulfide) groups is 1. The first-order valence-corrected chi connectivity index (χ1v) is 14.5. The van der Waals surface area contributed by atoms with Gasteiger partial charge in [-0.1, -0.05) is 0 Å². The standard InChI is InChI=1S/C23H43NO16S/c24-2-5-41-4-1-3-35-21-17(33)19(13(29)10(7-26)36-21)40-23-18(34)20(14(30)11(8-27)38-23)39-22-16(32)15(31)12(28)9(6-25)37-22/h9-23,25-34H,1-8,24H2/t9?,10?,11?,12-,13-,14-,15+,16?,17?,18?,19+,20+,21-,22+,23+/m1/s1. The first kappa shape index (κ1) is 35.2. The van der Waals surface area contributed by atoms with Crippen molar-refractivity contribution in [1.29, 1.82) is 0 Å². The summed E-state index contributed by atoms with van der Waals surface area (Å²) in [5.74, 6) is 1.50. The van der Waals surface area contributed by atoms with Gasteiger partial charge >= 0.3 is 0 Å². The maximum Gasteiger partial charge on any atom is 0.187 e. The van der Waals surface area contributed by atoms with E-state index in [1.165, 1.54) is 0 Å². The fraction of sp³-hybridized carbons (Fsp3) is 1.00. The summed E-state index contributed by atoms with van der Waals surface area (Å²) in [5.41, 5.74) is 5.46. The Morgan fingerprint density at radius 1 is 0.561 bits per heavy atom. The van der Waals surface area contributed by atoms with E-state index in [0.29, 0.717) is 13.0 Å². The Bertz CT molecular complexity index is 758. The van der Waals surface area contributed by atoms with Crippen molar-refractivity contribution < 1.29 is 79.5 Å². The summed E-state index contributed by atoms with van der Waals surface area (Å²) in [5, 5.41) is 103. The molecule has 3 rings (SSSR count). The Hall–Kier alpha value is -0.330. The largest absolute Gasteiger partial charge is 0.394 e. The molecule has 17 nitrogen and oxygen atoms in total. The smallest absolute Gasteiger partial charge is 0.187 e. The molecule has 3 heterocycles. The highest BCUT2D eigenvalue weighted by Crippen LogP contribution is 2.32. The molecule has 3 aliphatic heterocycles. The van der Waals surface area contributed by atoms with Gasteiger partial charge in [0, 0.05) is 12.3 Å². The molecule has 0 amide bonds. The van der Waals surface area contributed by atoms with Crippen LogP contribution in [0.2, 0.25) is 0 Å². The summed E-state index contributed by atoms with van der Waals surface area (Å²) in [7, 11) is 0. The number of hydrogen-bond acceptors (Lipinski definition) is 18. The van der Waals surface area contributed by atoms with Crippen molar-refractivity contribution in [3.05, 3.63) is 0 Å². The van der Waals surface area contributed by atoms with E-state index in [-0.39, 0.29) is 6.61 Å². The van der Waals surface area contributed by atoms with Gasteiger partial charge in [-0.2, -0.15) is 11.8 Å². The van der Waals surface area contributed by atoms with Crippen molar-refractivity contribution in [1.82, 2.24) is 0 Å². The van der Waals surface area contributed by atoms with E-state index in [9.17, 15) is 51.1 Å². The van der Waals surface area contributed by atoms with Gasteiger partial charge in [-0.15, -0.1) is 0 Å². The third-order valence-electron chi connectivity index (χ3n) is 7.05. The van der Waals surface area contributed by atoms with E-state index in [1.807, 2.05) is 0 Å². The fourth-order valence-electron chi connectivity index (χ4n) is 4.71. The van der Waals surface area contributed by atoms with Crippen LogP contribution in [-0.4, -0.2) is 188 Å². The second-order valence-corrected chi connectivity index (χ2v) is 11.2. The third kappa shape index (κ3) is 8.44. The maximum absolute atomic E-state index is 11.0. The summed E-state index contributed by atoms with van der Waals surface area (Å²) in [6.07, 6.45) is -23.8. The molecule has 3 aliphatic rings. The lowest BCUT2D eigenvalue weighted by Crippen LogP contribution is -2.67. The minimum absolute atomic E-state index is 0.163. The van der Waals surface area contributed by atoms with Gasteiger partial charge < -0.3 is 85.2 Å². The summed E-state index contributed by atoms with van der Waals surface area (Å²) in [4.78, 5) is 0. The molecule has 0 aromatic carbocycles. The lowest BCUT2D eigenvalue weighted by atomic mass is 9.96. The Kier molecular flexibility index (Phi) is 14.3. The SMILES string of the molecule is NCCSCCCO[C@@H]1OC(CO)[C@@H](O)[C@H](O[C@@H]2OC(CO)[C@@H](O)[C@H](O[C@@H]3OC(CO)[C@@H](O)[C@H](O)C3O)C2O)C1O. The zero-order chi connectivity index (χ0) is 30.3. The van der Waals surface area contributed by atoms with Crippen LogP contribution in [-0.2, 0) is 28.4 Å². The maximum atomic E-state index is 11.0. The van der Waals surface area contributed by atoms with Crippen LogP contribution < -0.4 is 5.73 Å². The van der Waals surface area contributed by atoms with Crippen LogP contribution in [0.1, 0.15) is 6.42 Å². The molecule has 0 aromatic heterocycles. The summed E-state index contributed by atoms with van der Waals surface area (Å²) < 4.78 is 33.0. The van der Waals surface area contributed by atoms with Gasteiger partial charge in [-0.3, -0.25) is 0 Å². The molecule has 12 N–H and O–H groups in total. The van der Waals surface area contributed by atoms with Crippen LogP contribution in [0.15, 0.2) is 0 Å². The van der Waals surface area contributed by atoms with Crippen LogP contribution in [0.25, 0.3) is 0 Å². The highest BCUT2D eigenvalue weighted by atomic mass is 32.2. The van der Waals surface area contributed by atoms with Crippen molar-refractivity contribution in [2.45, 2.75) is 98.5 Å². The van der Waals surface area contributed by atoms with Crippen LogP contribution in [0, 0.1) is 0 Å². The van der Waals surface area contributed by atoms with E-state index in [0.717, 1.165) is 11.5 Å². The van der Waals surface area contributed by atoms with Crippen molar-refractivity contribution in [3.63, 3.8) is 0 Å². The number of hydrogen-bond donors (Lipinski definition) is 11. The molecule has 0 bridgehead atoms. The summed E-state index contributed by atoms with van der Waals surface area (Å²) in [6.45, 7) is -1.53. The second-order valence-electron chi connectivity index (χ2n) is 9.94. The molecule has 3 saturated heterocycles. The molecule has 0 aromatic rings. The zero-order valence-electron chi connectivity index (χ0n) is 22.2. The first-order chi connectivity index (χ1) is 19.6. The first-order valence-electron chi connectivity index (χ1n) is 13.3. The number of nitrogens with two attached hydrogens (primary N) is 1. The van der Waals surface area contributed by atoms with Gasteiger partial charge in [0.15, 0.2) is 18.9 Å². The normalized spacial score (nSPS) is 45.6. The molecule has 0 saturated carbocycles. The number of rotatable bonds is 14. The van der Waals surface area contributed by atoms with Crippen LogP contribution in [0.5, 0.6) is 0 Å². The second kappa shape index (κ2) is 16.7. The monoisotopic (exact) mass is 621 g/mol. The molecule has 15 atom stereocenters. The van der Waals surface area contributed by atoms with Gasteiger partial charge in [-0.25, -0.2) is 0 Å². The Morgan fingerprint density at radius 3 is 1.54 bits per heavy atom. The molecule has 0 spiro atoms. The van der Waals surface area contributed by atoms with E-state index < -0.39 is 112 Å². The van der Waals surface area contributed by atoms with Crippen molar-refractivity contribution >= 4 is 11.8 Å². The third-order valence-corrected chi connectivity index (χ3v) is 8.15. The van der Waals surface area contributed by atoms with Gasteiger partial charge in [-0.05, 0) is 12.2 Å². The van der Waals surface area contributed by atoms with Crippen LogP contribution >= 0.6 is 11.8 Å². The molecular weight excluding hydrogens is 578 g/mol. The molecule has 41 heavy (non-hydrogen) atoms. The lowest BCUT2D eigenvalue weighted by Gasteiger charge is -2.48. The molecule has 0 radical (unpaired) electrons. The molecule has 3 fully saturated rings. The average Bonchev–Trinajstić information content (AvgIpc) is 2.97. The molecule has 18 heteroatoms. The number of aliphatic hydroxyl groups excluding tert-OH is 10. The Morgan fingerprint density at radius 2 is 1.02 bits per heavy atom. The predicted molar refractivity (Wildman–Crippen MR) is 136 cm³/mol. The zero-order valence-corrected chi connectivity index (χ0v) is 23.0. The van der Waals surface area contributed by atoms with Crippen molar-refractivity contribution in [2.24, 2.45) is 5.73 Å². The van der Waals surface area contributed by atoms with Gasteiger partial charge in [0.1, 0.15) is 73.2 Å². The Balaban J connectivity index is 1.71.